The second-order valence-corrected chi connectivity index (χ2v) is 6.32. The number of hydrogen-bond acceptors (Lipinski definition) is 5. The molecule has 7 nitrogen and oxygen atoms in total. The molecule has 0 unspecified atom stereocenters. The van der Waals surface area contributed by atoms with Gasteiger partial charge in [-0.15, -0.1) is 6.58 Å². The van der Waals surface area contributed by atoms with Gasteiger partial charge in [-0.1, -0.05) is 12.1 Å². The van der Waals surface area contributed by atoms with Crippen LogP contribution >= 0.6 is 0 Å². The number of ether oxygens (including phenoxy) is 1. The number of phenols is 1. The van der Waals surface area contributed by atoms with Crippen LogP contribution in [0, 0.1) is 0 Å². The fourth-order valence-electron chi connectivity index (χ4n) is 2.57. The maximum Gasteiger partial charge on any atom is 0.416 e. The molecule has 3 N–H and O–H groups in total. The highest BCUT2D eigenvalue weighted by molar-refractivity contribution is 6.03. The number of hydrazone groups is 1. The number of nitrogens with zero attached hydrogens (tertiary/aromatic N) is 1. The van der Waals surface area contributed by atoms with Gasteiger partial charge in [0.05, 0.1) is 18.9 Å². The van der Waals surface area contributed by atoms with Gasteiger partial charge in [-0.05, 0) is 42.3 Å². The van der Waals surface area contributed by atoms with Crippen molar-refractivity contribution in [1.82, 2.24) is 5.43 Å². The molecule has 2 rings (SSSR count). The van der Waals surface area contributed by atoms with Crippen molar-refractivity contribution in [2.45, 2.75) is 19.0 Å². The number of carbonyl (C=O) groups is 2. The number of hydrogen-bond donors (Lipinski definition) is 3. The predicted molar refractivity (Wildman–Crippen MR) is 109 cm³/mol. The molecule has 2 amide bonds. The number of amides is 2. The number of benzene rings is 2. The minimum atomic E-state index is -4.55. The van der Waals surface area contributed by atoms with Crippen LogP contribution in [0.25, 0.3) is 0 Å². The van der Waals surface area contributed by atoms with Crippen molar-refractivity contribution in [3.63, 3.8) is 0 Å². The van der Waals surface area contributed by atoms with Crippen LogP contribution in [0.3, 0.4) is 0 Å². The maximum atomic E-state index is 12.7. The minimum absolute atomic E-state index is 0.0325. The molecule has 0 spiro atoms. The molecule has 0 aliphatic carbocycles. The number of phenolic OH excluding ortho intramolecular Hbond substituents is 1. The number of halogens is 3. The summed E-state index contributed by atoms with van der Waals surface area (Å²) in [6.45, 7) is 3.61. The Morgan fingerprint density at radius 2 is 1.97 bits per heavy atom. The summed E-state index contributed by atoms with van der Waals surface area (Å²) in [7, 11) is 1.39. The minimum Gasteiger partial charge on any atom is -0.504 e. The summed E-state index contributed by atoms with van der Waals surface area (Å²) in [4.78, 5) is 23.8. The molecule has 0 radical (unpaired) electrons. The van der Waals surface area contributed by atoms with Crippen LogP contribution in [0.2, 0.25) is 0 Å². The third kappa shape index (κ3) is 6.88. The number of carbonyl (C=O) groups excluding carboxylic acids is 2. The highest BCUT2D eigenvalue weighted by Crippen LogP contribution is 2.32. The second kappa shape index (κ2) is 10.3. The number of rotatable bonds is 8. The van der Waals surface area contributed by atoms with Crippen LogP contribution in [0.5, 0.6) is 11.5 Å². The largest absolute Gasteiger partial charge is 0.504 e. The number of alkyl halides is 3. The second-order valence-electron chi connectivity index (χ2n) is 6.32. The molecule has 31 heavy (non-hydrogen) atoms. The molecule has 0 aromatic heterocycles. The summed E-state index contributed by atoms with van der Waals surface area (Å²) >= 11 is 0. The highest BCUT2D eigenvalue weighted by atomic mass is 19.4. The maximum absolute atomic E-state index is 12.7. The van der Waals surface area contributed by atoms with Gasteiger partial charge in [0.25, 0.3) is 0 Å². The third-order valence-electron chi connectivity index (χ3n) is 3.96. The quantitative estimate of drug-likeness (QED) is 0.255. The molecule has 164 valence electrons. The lowest BCUT2D eigenvalue weighted by Gasteiger charge is -2.10. The smallest absolute Gasteiger partial charge is 0.416 e. The molecule has 0 heterocycles. The van der Waals surface area contributed by atoms with Crippen molar-refractivity contribution < 1.29 is 32.6 Å². The van der Waals surface area contributed by atoms with E-state index in [1.54, 1.807) is 12.1 Å². The van der Waals surface area contributed by atoms with Crippen LogP contribution in [0.4, 0.5) is 18.9 Å². The van der Waals surface area contributed by atoms with E-state index in [0.717, 1.165) is 18.2 Å². The van der Waals surface area contributed by atoms with Crippen molar-refractivity contribution in [3.05, 3.63) is 65.7 Å². The van der Waals surface area contributed by atoms with E-state index in [9.17, 15) is 27.9 Å². The molecule has 0 aliphatic heterocycles. The third-order valence-corrected chi connectivity index (χ3v) is 3.96. The molecule has 10 heteroatoms. The Balaban J connectivity index is 1.96. The van der Waals surface area contributed by atoms with Crippen molar-refractivity contribution >= 4 is 23.7 Å². The fourth-order valence-corrected chi connectivity index (χ4v) is 2.57. The van der Waals surface area contributed by atoms with Crippen LogP contribution < -0.4 is 15.5 Å². The first-order valence-corrected chi connectivity index (χ1v) is 8.93. The highest BCUT2D eigenvalue weighted by Gasteiger charge is 2.30. The van der Waals surface area contributed by atoms with Gasteiger partial charge in [-0.3, -0.25) is 9.59 Å². The number of aromatic hydroxyl groups is 1. The molecule has 0 bridgehead atoms. The predicted octanol–water partition coefficient (Wildman–Crippen LogP) is 3.63. The lowest BCUT2D eigenvalue weighted by atomic mass is 10.1. The molecule has 0 saturated carbocycles. The van der Waals surface area contributed by atoms with Gasteiger partial charge in [0.15, 0.2) is 11.5 Å². The summed E-state index contributed by atoms with van der Waals surface area (Å²) < 4.78 is 43.2. The Hall–Kier alpha value is -3.82. The van der Waals surface area contributed by atoms with Crippen molar-refractivity contribution in [3.8, 4) is 11.5 Å². The Labute approximate surface area is 176 Å². The normalized spacial score (nSPS) is 11.2. The zero-order valence-electron chi connectivity index (χ0n) is 16.5. The van der Waals surface area contributed by atoms with E-state index in [2.05, 4.69) is 22.4 Å². The van der Waals surface area contributed by atoms with E-state index in [1.807, 2.05) is 0 Å². The zero-order valence-corrected chi connectivity index (χ0v) is 16.5. The summed E-state index contributed by atoms with van der Waals surface area (Å²) in [5.74, 6) is -1.38. The van der Waals surface area contributed by atoms with E-state index < -0.39 is 30.0 Å². The molecular weight excluding hydrogens is 415 g/mol. The van der Waals surface area contributed by atoms with E-state index in [1.165, 1.54) is 25.5 Å². The zero-order chi connectivity index (χ0) is 23.0. The van der Waals surface area contributed by atoms with Crippen molar-refractivity contribution in [1.29, 1.82) is 0 Å². The summed E-state index contributed by atoms with van der Waals surface area (Å²) in [5, 5.41) is 16.0. The molecule has 2 aromatic carbocycles. The number of anilines is 1. The van der Waals surface area contributed by atoms with Gasteiger partial charge in [0.2, 0.25) is 11.8 Å². The Bertz CT molecular complexity index is 1000. The molecule has 0 atom stereocenters. The monoisotopic (exact) mass is 435 g/mol. The topological polar surface area (TPSA) is 100 Å². The van der Waals surface area contributed by atoms with E-state index >= 15 is 0 Å². The molecule has 0 saturated heterocycles. The summed E-state index contributed by atoms with van der Waals surface area (Å²) in [6.07, 6.45) is -1.92. The van der Waals surface area contributed by atoms with E-state index in [4.69, 9.17) is 4.74 Å². The van der Waals surface area contributed by atoms with Crippen molar-refractivity contribution in [2.24, 2.45) is 5.10 Å². The lowest BCUT2D eigenvalue weighted by Crippen LogP contribution is -2.24. The molecule has 0 aliphatic rings. The first-order valence-electron chi connectivity index (χ1n) is 8.93. The summed E-state index contributed by atoms with van der Waals surface area (Å²) in [5.41, 5.74) is 2.21. The van der Waals surface area contributed by atoms with Crippen LogP contribution in [-0.2, 0) is 22.2 Å². The molecular formula is C21H20F3N3O4. The first-order chi connectivity index (χ1) is 14.6. The Kier molecular flexibility index (Phi) is 7.78. The number of methoxy groups -OCH3 is 1. The average molecular weight is 435 g/mol. The van der Waals surface area contributed by atoms with E-state index in [0.29, 0.717) is 17.5 Å². The van der Waals surface area contributed by atoms with Gasteiger partial charge >= 0.3 is 6.18 Å². The fraction of sp³-hybridized carbons (Fsp3) is 0.190. The molecule has 0 fully saturated rings. The van der Waals surface area contributed by atoms with Gasteiger partial charge in [-0.25, -0.2) is 5.43 Å². The van der Waals surface area contributed by atoms with Gasteiger partial charge < -0.3 is 15.2 Å². The van der Waals surface area contributed by atoms with Gasteiger partial charge in [-0.2, -0.15) is 18.3 Å². The van der Waals surface area contributed by atoms with Gasteiger partial charge in [0, 0.05) is 11.3 Å². The Morgan fingerprint density at radius 1 is 1.23 bits per heavy atom. The standard InChI is InChI=1S/C21H20F3N3O4/c1-3-5-14-8-13(9-17(31-2)20(14)30)12-25-27-19(29)11-18(28)26-16-7-4-6-15(10-16)21(22,23)24/h3-4,6-10,12,30H,1,5,11H2,2H3,(H,26,28)(H,27,29)/b25-12+. The SMILES string of the molecule is C=CCc1cc(/C=N/NC(=O)CC(=O)Nc2cccc(C(F)(F)F)c2)cc(OC)c1O. The molecule has 2 aromatic rings. The van der Waals surface area contributed by atoms with Crippen molar-refractivity contribution in [2.75, 3.05) is 12.4 Å². The average Bonchev–Trinajstić information content (AvgIpc) is 2.69. The first kappa shape index (κ1) is 23.5. The lowest BCUT2D eigenvalue weighted by molar-refractivity contribution is -0.137. The number of nitrogens with one attached hydrogen (secondary N) is 2. The van der Waals surface area contributed by atoms with E-state index in [-0.39, 0.29) is 17.2 Å². The van der Waals surface area contributed by atoms with Crippen LogP contribution in [-0.4, -0.2) is 30.2 Å². The van der Waals surface area contributed by atoms with Crippen LogP contribution in [0.15, 0.2) is 54.2 Å². The van der Waals surface area contributed by atoms with Gasteiger partial charge in [0.1, 0.15) is 6.42 Å². The van der Waals surface area contributed by atoms with Crippen LogP contribution in [0.1, 0.15) is 23.1 Å². The number of allylic oxidation sites excluding steroid dienone is 1. The Morgan fingerprint density at radius 3 is 2.61 bits per heavy atom. The summed E-state index contributed by atoms with van der Waals surface area (Å²) in [6, 6.07) is 7.19.